The predicted molar refractivity (Wildman–Crippen MR) is 35.5 cm³/mol. The van der Waals surface area contributed by atoms with Crippen LogP contribution in [0.1, 0.15) is 6.92 Å². The maximum Gasteiger partial charge on any atom is 0.158 e. The van der Waals surface area contributed by atoms with E-state index in [4.69, 9.17) is 0 Å². The predicted octanol–water partition coefficient (Wildman–Crippen LogP) is 0.106. The fraction of sp³-hybridized carbons (Fsp3) is 0.400. The largest absolute Gasteiger partial charge is 0.395 e. The lowest BCUT2D eigenvalue weighted by molar-refractivity contribution is 0.159. The number of hydrogen-bond donors (Lipinski definition) is 0. The maximum atomic E-state index is 4.69. The van der Waals surface area contributed by atoms with Crippen LogP contribution in [0.25, 0.3) is 0 Å². The molecule has 1 aromatic rings. The van der Waals surface area contributed by atoms with Crippen molar-refractivity contribution in [1.82, 2.24) is 14.8 Å². The molecule has 0 amide bonds. The monoisotopic (exact) mass is 140 g/mol. The van der Waals surface area contributed by atoms with Gasteiger partial charge in [-0.15, -0.1) is 0 Å². The number of hydrogen-bond acceptors (Lipinski definition) is 4. The van der Waals surface area contributed by atoms with E-state index < -0.39 is 0 Å². The molecule has 1 aromatic heterocycles. The lowest BCUT2D eigenvalue weighted by Gasteiger charge is -1.89. The summed E-state index contributed by atoms with van der Waals surface area (Å²) in [5.41, 5.74) is 0. The van der Waals surface area contributed by atoms with Crippen molar-refractivity contribution in [3.8, 4) is 0 Å². The fourth-order valence-corrected chi connectivity index (χ4v) is 0.433. The highest BCUT2D eigenvalue weighted by atomic mass is 16.6. The molecule has 0 atom stereocenters. The van der Waals surface area contributed by atoms with E-state index >= 15 is 0 Å². The second kappa shape index (κ2) is 3.60. The summed E-state index contributed by atoms with van der Waals surface area (Å²) in [6.45, 7) is 2.42. The zero-order chi connectivity index (χ0) is 7.23. The van der Waals surface area contributed by atoms with E-state index in [0.717, 1.165) is 0 Å². The third-order valence-corrected chi connectivity index (χ3v) is 0.806. The Kier molecular flexibility index (Phi) is 2.42. The summed E-state index contributed by atoms with van der Waals surface area (Å²) in [6.07, 6.45) is 4.40. The lowest BCUT2D eigenvalue weighted by atomic mass is 10.9. The molecule has 0 N–H and O–H groups in total. The third kappa shape index (κ3) is 1.85. The Bertz CT molecular complexity index is 193. The Balaban J connectivity index is 2.40. The Morgan fingerprint density at radius 1 is 1.80 bits per heavy atom. The minimum Gasteiger partial charge on any atom is -0.395 e. The van der Waals surface area contributed by atoms with E-state index in [2.05, 4.69) is 20.1 Å². The topological polar surface area (TPSA) is 52.3 Å². The first-order chi connectivity index (χ1) is 4.93. The summed E-state index contributed by atoms with van der Waals surface area (Å²) in [4.78, 5) is 8.39. The number of rotatable bonds is 3. The number of nitrogens with zero attached hydrogens (tertiary/aromatic N) is 4. The summed E-state index contributed by atoms with van der Waals surface area (Å²) >= 11 is 0. The van der Waals surface area contributed by atoms with Crippen LogP contribution in [0, 0.1) is 0 Å². The Morgan fingerprint density at radius 3 is 3.30 bits per heavy atom. The van der Waals surface area contributed by atoms with Crippen LogP contribution < -0.4 is 0 Å². The second-order valence-electron chi connectivity index (χ2n) is 1.51. The second-order valence-corrected chi connectivity index (χ2v) is 1.51. The molecule has 0 bridgehead atoms. The van der Waals surface area contributed by atoms with Crippen molar-refractivity contribution in [1.29, 1.82) is 0 Å². The molecule has 1 heterocycles. The SMILES string of the molecule is CCON=Cn1cncn1. The summed E-state index contributed by atoms with van der Waals surface area (Å²) in [5, 5.41) is 7.33. The van der Waals surface area contributed by atoms with Crippen LogP contribution in [0.3, 0.4) is 0 Å². The molecule has 0 saturated heterocycles. The first kappa shape index (κ1) is 6.73. The first-order valence-electron chi connectivity index (χ1n) is 2.93. The normalized spacial score (nSPS) is 10.5. The van der Waals surface area contributed by atoms with Crippen LogP contribution in [0.2, 0.25) is 0 Å². The minimum absolute atomic E-state index is 0.561. The van der Waals surface area contributed by atoms with Gasteiger partial charge in [0, 0.05) is 0 Å². The molecule has 0 aliphatic rings. The number of aromatic nitrogens is 3. The van der Waals surface area contributed by atoms with Crippen molar-refractivity contribution in [2.45, 2.75) is 6.92 Å². The molecule has 10 heavy (non-hydrogen) atoms. The quantitative estimate of drug-likeness (QED) is 0.340. The van der Waals surface area contributed by atoms with Gasteiger partial charge in [-0.1, -0.05) is 5.16 Å². The van der Waals surface area contributed by atoms with Gasteiger partial charge < -0.3 is 4.84 Å². The van der Waals surface area contributed by atoms with E-state index in [0.29, 0.717) is 6.61 Å². The molecule has 0 aliphatic heterocycles. The molecule has 0 aromatic carbocycles. The Labute approximate surface area is 58.3 Å². The molecular weight excluding hydrogens is 132 g/mol. The highest BCUT2D eigenvalue weighted by molar-refractivity contribution is 5.54. The van der Waals surface area contributed by atoms with Gasteiger partial charge in [-0.2, -0.15) is 5.10 Å². The molecule has 5 nitrogen and oxygen atoms in total. The number of oxime groups is 1. The van der Waals surface area contributed by atoms with Crippen molar-refractivity contribution >= 4 is 6.34 Å². The molecule has 54 valence electrons. The summed E-state index contributed by atoms with van der Waals surface area (Å²) < 4.78 is 1.45. The van der Waals surface area contributed by atoms with Gasteiger partial charge in [0.05, 0.1) is 0 Å². The van der Waals surface area contributed by atoms with Crippen LogP contribution in [0.15, 0.2) is 17.8 Å². The Morgan fingerprint density at radius 2 is 2.70 bits per heavy atom. The summed E-state index contributed by atoms with van der Waals surface area (Å²) in [5.74, 6) is 0. The van der Waals surface area contributed by atoms with Gasteiger partial charge in [0.1, 0.15) is 19.3 Å². The van der Waals surface area contributed by atoms with Gasteiger partial charge in [-0.25, -0.2) is 9.67 Å². The Hall–Kier alpha value is -1.39. The van der Waals surface area contributed by atoms with Gasteiger partial charge in [-0.05, 0) is 6.92 Å². The van der Waals surface area contributed by atoms with Crippen molar-refractivity contribution < 1.29 is 4.84 Å². The minimum atomic E-state index is 0.561. The highest BCUT2D eigenvalue weighted by Gasteiger charge is 1.80. The molecule has 0 aliphatic carbocycles. The first-order valence-corrected chi connectivity index (χ1v) is 2.93. The van der Waals surface area contributed by atoms with Gasteiger partial charge in [0.15, 0.2) is 6.34 Å². The molecule has 0 unspecified atom stereocenters. The third-order valence-electron chi connectivity index (χ3n) is 0.806. The van der Waals surface area contributed by atoms with Gasteiger partial charge in [0.25, 0.3) is 0 Å². The van der Waals surface area contributed by atoms with Gasteiger partial charge in [-0.3, -0.25) is 0 Å². The van der Waals surface area contributed by atoms with Crippen LogP contribution in [0.4, 0.5) is 0 Å². The van der Waals surface area contributed by atoms with E-state index in [-0.39, 0.29) is 0 Å². The van der Waals surface area contributed by atoms with Crippen LogP contribution in [0.5, 0.6) is 0 Å². The molecule has 0 spiro atoms. The fourth-order valence-electron chi connectivity index (χ4n) is 0.433. The van der Waals surface area contributed by atoms with Gasteiger partial charge in [0.2, 0.25) is 0 Å². The summed E-state index contributed by atoms with van der Waals surface area (Å²) in [7, 11) is 0. The summed E-state index contributed by atoms with van der Waals surface area (Å²) in [6, 6.07) is 0. The van der Waals surface area contributed by atoms with Crippen molar-refractivity contribution in [2.24, 2.45) is 5.16 Å². The molecule has 0 fully saturated rings. The van der Waals surface area contributed by atoms with E-state index in [9.17, 15) is 0 Å². The van der Waals surface area contributed by atoms with Gasteiger partial charge >= 0.3 is 0 Å². The highest BCUT2D eigenvalue weighted by Crippen LogP contribution is 1.74. The van der Waals surface area contributed by atoms with Crippen molar-refractivity contribution in [2.75, 3.05) is 6.61 Å². The standard InChI is InChI=1S/C5H8N4O/c1-2-10-8-5-9-4-6-3-7-9/h3-5H,2H2,1H3. The zero-order valence-electron chi connectivity index (χ0n) is 5.64. The maximum absolute atomic E-state index is 4.69. The lowest BCUT2D eigenvalue weighted by Crippen LogP contribution is -1.95. The smallest absolute Gasteiger partial charge is 0.158 e. The van der Waals surface area contributed by atoms with E-state index in [1.54, 1.807) is 0 Å². The molecule has 1 rings (SSSR count). The molecule has 5 heteroatoms. The van der Waals surface area contributed by atoms with Crippen molar-refractivity contribution in [3.63, 3.8) is 0 Å². The molecule has 0 saturated carbocycles. The van der Waals surface area contributed by atoms with Crippen LogP contribution in [-0.4, -0.2) is 27.7 Å². The molecular formula is C5H8N4O. The average Bonchev–Trinajstić information content (AvgIpc) is 2.41. The van der Waals surface area contributed by atoms with Crippen LogP contribution >= 0.6 is 0 Å². The zero-order valence-corrected chi connectivity index (χ0v) is 5.64. The molecule has 0 radical (unpaired) electrons. The average molecular weight is 140 g/mol. The van der Waals surface area contributed by atoms with Crippen molar-refractivity contribution in [3.05, 3.63) is 12.7 Å². The van der Waals surface area contributed by atoms with Crippen LogP contribution in [-0.2, 0) is 4.84 Å². The van der Waals surface area contributed by atoms with E-state index in [1.165, 1.54) is 23.7 Å². The van der Waals surface area contributed by atoms with E-state index in [1.807, 2.05) is 6.92 Å².